The first-order valence-electron chi connectivity index (χ1n) is 11.4. The summed E-state index contributed by atoms with van der Waals surface area (Å²) in [5.41, 5.74) is 1.84. The van der Waals surface area contributed by atoms with Crippen molar-refractivity contribution in [1.29, 1.82) is 0 Å². The molecule has 1 amide bonds. The normalized spacial score (nSPS) is 20.3. The zero-order chi connectivity index (χ0) is 24.1. The Balaban J connectivity index is 1.61. The van der Waals surface area contributed by atoms with Crippen molar-refractivity contribution in [2.24, 2.45) is 10.9 Å². The number of hydrogen-bond donors (Lipinski definition) is 1. The molecule has 180 valence electrons. The van der Waals surface area contributed by atoms with Gasteiger partial charge in [-0.1, -0.05) is 24.3 Å². The first-order valence-corrected chi connectivity index (χ1v) is 11.4. The molecule has 0 saturated carbocycles. The fraction of sp³-hybridized carbons (Fsp3) is 0.400. The third kappa shape index (κ3) is 4.78. The van der Waals surface area contributed by atoms with Crippen LogP contribution in [-0.4, -0.2) is 69.7 Å². The van der Waals surface area contributed by atoms with Gasteiger partial charge >= 0.3 is 5.97 Å². The maximum atomic E-state index is 13.1. The number of aliphatic imine (C=N–C) groups is 1. The van der Waals surface area contributed by atoms with Gasteiger partial charge in [-0.05, 0) is 36.8 Å². The average molecular weight is 467 g/mol. The summed E-state index contributed by atoms with van der Waals surface area (Å²) in [6.45, 7) is 4.86. The monoisotopic (exact) mass is 466 g/mol. The van der Waals surface area contributed by atoms with Crippen LogP contribution in [0, 0.1) is 5.92 Å². The minimum Gasteiger partial charge on any atom is -0.493 e. The molecule has 0 aromatic heterocycles. The number of nitrogens with zero attached hydrogens (tertiary/aromatic N) is 3. The van der Waals surface area contributed by atoms with Gasteiger partial charge in [-0.25, -0.2) is 4.99 Å². The number of carbonyl (C=O) groups is 2. The molecule has 2 heterocycles. The number of guanidine groups is 1. The Kier molecular flexibility index (Phi) is 7.20. The van der Waals surface area contributed by atoms with Crippen LogP contribution in [0.3, 0.4) is 0 Å². The summed E-state index contributed by atoms with van der Waals surface area (Å²) in [6.07, 6.45) is 0. The summed E-state index contributed by atoms with van der Waals surface area (Å²) in [6, 6.07) is 14.8. The van der Waals surface area contributed by atoms with Crippen molar-refractivity contribution < 1.29 is 23.8 Å². The van der Waals surface area contributed by atoms with E-state index in [4.69, 9.17) is 19.2 Å². The average Bonchev–Trinajstić information content (AvgIpc) is 2.88. The number of carbonyl (C=O) groups excluding carboxylic acids is 2. The standard InChI is InChI=1S/C25H30N4O5/c1-4-34-24(31)21-22(17-10-11-19(32-2)20(16-17)33-3)26-25(27-23(21)30)29-14-12-28(13-15-29)18-8-6-5-7-9-18/h5-11,16,21-22H,4,12-15H2,1-3H3,(H,26,27,30). The predicted octanol–water partition coefficient (Wildman–Crippen LogP) is 2.23. The van der Waals surface area contributed by atoms with Gasteiger partial charge in [-0.15, -0.1) is 0 Å². The summed E-state index contributed by atoms with van der Waals surface area (Å²) >= 11 is 0. The number of amides is 1. The number of rotatable bonds is 6. The molecule has 4 rings (SSSR count). The van der Waals surface area contributed by atoms with Crippen molar-refractivity contribution >= 4 is 23.5 Å². The fourth-order valence-corrected chi connectivity index (χ4v) is 4.32. The minimum atomic E-state index is -1.09. The summed E-state index contributed by atoms with van der Waals surface area (Å²) in [7, 11) is 3.09. The van der Waals surface area contributed by atoms with E-state index in [0.29, 0.717) is 36.1 Å². The lowest BCUT2D eigenvalue weighted by Gasteiger charge is -2.39. The highest BCUT2D eigenvalue weighted by Gasteiger charge is 2.42. The summed E-state index contributed by atoms with van der Waals surface area (Å²) in [4.78, 5) is 35.0. The van der Waals surface area contributed by atoms with Crippen LogP contribution in [-0.2, 0) is 14.3 Å². The molecular weight excluding hydrogens is 436 g/mol. The van der Waals surface area contributed by atoms with E-state index in [1.54, 1.807) is 39.3 Å². The number of piperazine rings is 1. The van der Waals surface area contributed by atoms with E-state index in [9.17, 15) is 9.59 Å². The molecule has 2 aromatic rings. The molecule has 2 aromatic carbocycles. The van der Waals surface area contributed by atoms with Gasteiger partial charge in [0.2, 0.25) is 11.9 Å². The fourth-order valence-electron chi connectivity index (χ4n) is 4.32. The van der Waals surface area contributed by atoms with Crippen LogP contribution in [0.2, 0.25) is 0 Å². The van der Waals surface area contributed by atoms with Crippen molar-refractivity contribution in [1.82, 2.24) is 10.2 Å². The lowest BCUT2D eigenvalue weighted by atomic mass is 9.91. The third-order valence-electron chi connectivity index (χ3n) is 6.08. The molecule has 1 saturated heterocycles. The van der Waals surface area contributed by atoms with Gasteiger partial charge in [-0.3, -0.25) is 14.9 Å². The Morgan fingerprint density at radius 2 is 1.68 bits per heavy atom. The van der Waals surface area contributed by atoms with Gasteiger partial charge in [0.25, 0.3) is 0 Å². The number of benzene rings is 2. The van der Waals surface area contributed by atoms with Crippen molar-refractivity contribution in [3.05, 3.63) is 54.1 Å². The molecule has 0 aliphatic carbocycles. The molecule has 34 heavy (non-hydrogen) atoms. The highest BCUT2D eigenvalue weighted by atomic mass is 16.5. The van der Waals surface area contributed by atoms with Gasteiger partial charge in [-0.2, -0.15) is 0 Å². The number of hydrogen-bond acceptors (Lipinski definition) is 8. The summed E-state index contributed by atoms with van der Waals surface area (Å²) < 4.78 is 16.0. The van der Waals surface area contributed by atoms with Crippen LogP contribution in [0.5, 0.6) is 11.5 Å². The van der Waals surface area contributed by atoms with Crippen molar-refractivity contribution in [3.8, 4) is 11.5 Å². The maximum absolute atomic E-state index is 13.1. The van der Waals surface area contributed by atoms with Crippen LogP contribution in [0.1, 0.15) is 18.5 Å². The first kappa shape index (κ1) is 23.4. The van der Waals surface area contributed by atoms with Crippen molar-refractivity contribution in [2.75, 3.05) is 51.9 Å². The minimum absolute atomic E-state index is 0.180. The molecule has 9 heteroatoms. The van der Waals surface area contributed by atoms with E-state index in [2.05, 4.69) is 22.3 Å². The topological polar surface area (TPSA) is 92.7 Å². The Morgan fingerprint density at radius 1 is 1.00 bits per heavy atom. The van der Waals surface area contributed by atoms with Crippen LogP contribution < -0.4 is 19.7 Å². The number of nitrogens with one attached hydrogen (secondary N) is 1. The van der Waals surface area contributed by atoms with Crippen LogP contribution in [0.25, 0.3) is 0 Å². The summed E-state index contributed by atoms with van der Waals surface area (Å²) in [5, 5.41) is 2.84. The number of para-hydroxylation sites is 1. The highest BCUT2D eigenvalue weighted by Crippen LogP contribution is 2.36. The Morgan fingerprint density at radius 3 is 2.32 bits per heavy atom. The van der Waals surface area contributed by atoms with E-state index >= 15 is 0 Å². The van der Waals surface area contributed by atoms with Gasteiger partial charge in [0.1, 0.15) is 6.04 Å². The number of esters is 1. The molecule has 2 unspecified atom stereocenters. The van der Waals surface area contributed by atoms with Crippen LogP contribution in [0.15, 0.2) is 53.5 Å². The van der Waals surface area contributed by atoms with E-state index in [1.165, 1.54) is 5.69 Å². The second-order valence-electron chi connectivity index (χ2n) is 8.04. The van der Waals surface area contributed by atoms with E-state index < -0.39 is 23.8 Å². The molecule has 2 atom stereocenters. The Labute approximate surface area is 199 Å². The van der Waals surface area contributed by atoms with Gasteiger partial charge in [0, 0.05) is 31.9 Å². The zero-order valence-electron chi connectivity index (χ0n) is 19.7. The zero-order valence-corrected chi connectivity index (χ0v) is 19.7. The largest absolute Gasteiger partial charge is 0.493 e. The van der Waals surface area contributed by atoms with Gasteiger partial charge in [0.05, 0.1) is 20.8 Å². The van der Waals surface area contributed by atoms with E-state index in [1.807, 2.05) is 23.1 Å². The van der Waals surface area contributed by atoms with Crippen LogP contribution in [0.4, 0.5) is 5.69 Å². The molecule has 1 fully saturated rings. The molecular formula is C25H30N4O5. The Hall–Kier alpha value is -3.75. The summed E-state index contributed by atoms with van der Waals surface area (Å²) in [5.74, 6) is -0.585. The van der Waals surface area contributed by atoms with Crippen molar-refractivity contribution in [2.45, 2.75) is 13.0 Å². The van der Waals surface area contributed by atoms with E-state index in [-0.39, 0.29) is 6.61 Å². The number of methoxy groups -OCH3 is 2. The Bertz CT molecular complexity index is 1050. The molecule has 0 bridgehead atoms. The molecule has 9 nitrogen and oxygen atoms in total. The SMILES string of the molecule is CCOC(=O)C1C(=O)NC(N2CCN(c3ccccc3)CC2)=NC1c1ccc(OC)c(OC)c1. The quantitative estimate of drug-likeness (QED) is 0.516. The number of anilines is 1. The lowest BCUT2D eigenvalue weighted by molar-refractivity contribution is -0.153. The molecule has 2 aliphatic heterocycles. The maximum Gasteiger partial charge on any atom is 0.321 e. The molecule has 0 radical (unpaired) electrons. The third-order valence-corrected chi connectivity index (χ3v) is 6.08. The first-order chi connectivity index (χ1) is 16.5. The van der Waals surface area contributed by atoms with Gasteiger partial charge in [0.15, 0.2) is 17.4 Å². The molecule has 2 aliphatic rings. The smallest absolute Gasteiger partial charge is 0.321 e. The highest BCUT2D eigenvalue weighted by molar-refractivity contribution is 6.08. The second kappa shape index (κ2) is 10.5. The molecule has 0 spiro atoms. The lowest BCUT2D eigenvalue weighted by Crippen LogP contribution is -2.57. The predicted molar refractivity (Wildman–Crippen MR) is 128 cm³/mol. The molecule has 1 N–H and O–H groups in total. The van der Waals surface area contributed by atoms with Crippen LogP contribution >= 0.6 is 0 Å². The van der Waals surface area contributed by atoms with E-state index in [0.717, 1.165) is 13.1 Å². The second-order valence-corrected chi connectivity index (χ2v) is 8.04. The van der Waals surface area contributed by atoms with Gasteiger partial charge < -0.3 is 24.0 Å². The number of ether oxygens (including phenoxy) is 3. The van der Waals surface area contributed by atoms with Crippen molar-refractivity contribution in [3.63, 3.8) is 0 Å².